The van der Waals surface area contributed by atoms with E-state index in [4.69, 9.17) is 9.47 Å². The highest BCUT2D eigenvalue weighted by Crippen LogP contribution is 2.13. The standard InChI is InChI=1S/C8H13NO4/c1-3-12-8-6(13-5(2)10)4-7(11)9-8/h6,8H,3-4H2,1-2H3,(H,9,11)/t6-,8-/m0/s1. The molecule has 5 heteroatoms. The van der Waals surface area contributed by atoms with Crippen molar-refractivity contribution in [3.8, 4) is 0 Å². The van der Waals surface area contributed by atoms with Crippen molar-refractivity contribution in [3.63, 3.8) is 0 Å². The molecule has 0 aromatic carbocycles. The Kier molecular flexibility index (Phi) is 3.25. The zero-order valence-corrected chi connectivity index (χ0v) is 7.70. The molecule has 0 saturated carbocycles. The van der Waals surface area contributed by atoms with Gasteiger partial charge < -0.3 is 14.8 Å². The van der Waals surface area contributed by atoms with Crippen LogP contribution in [0.2, 0.25) is 0 Å². The van der Waals surface area contributed by atoms with Crippen molar-refractivity contribution in [2.45, 2.75) is 32.6 Å². The number of ether oxygens (including phenoxy) is 2. The lowest BCUT2D eigenvalue weighted by Gasteiger charge is -2.17. The fraction of sp³-hybridized carbons (Fsp3) is 0.750. The lowest BCUT2D eigenvalue weighted by Crippen LogP contribution is -2.36. The minimum Gasteiger partial charge on any atom is -0.457 e. The second kappa shape index (κ2) is 4.23. The molecule has 1 amide bonds. The lowest BCUT2D eigenvalue weighted by molar-refractivity contribution is -0.153. The van der Waals surface area contributed by atoms with Crippen molar-refractivity contribution in [2.75, 3.05) is 6.61 Å². The van der Waals surface area contributed by atoms with E-state index >= 15 is 0 Å². The molecule has 2 atom stereocenters. The van der Waals surface area contributed by atoms with Crippen molar-refractivity contribution in [2.24, 2.45) is 0 Å². The molecule has 0 unspecified atom stereocenters. The van der Waals surface area contributed by atoms with Gasteiger partial charge in [-0.15, -0.1) is 0 Å². The maximum Gasteiger partial charge on any atom is 0.303 e. The van der Waals surface area contributed by atoms with Gasteiger partial charge in [-0.05, 0) is 6.92 Å². The number of hydrogen-bond acceptors (Lipinski definition) is 4. The molecule has 1 fully saturated rings. The highest BCUT2D eigenvalue weighted by molar-refractivity contribution is 5.80. The van der Waals surface area contributed by atoms with Gasteiger partial charge in [0.1, 0.15) is 0 Å². The van der Waals surface area contributed by atoms with Crippen LogP contribution in [0, 0.1) is 0 Å². The van der Waals surface area contributed by atoms with E-state index in [0.717, 1.165) is 0 Å². The van der Waals surface area contributed by atoms with Gasteiger partial charge in [0.25, 0.3) is 0 Å². The molecule has 1 aliphatic heterocycles. The summed E-state index contributed by atoms with van der Waals surface area (Å²) in [4.78, 5) is 21.6. The van der Waals surface area contributed by atoms with E-state index in [0.29, 0.717) is 6.61 Å². The minimum absolute atomic E-state index is 0.148. The molecule has 0 bridgehead atoms. The number of esters is 1. The first-order chi connectivity index (χ1) is 6.13. The molecule has 5 nitrogen and oxygen atoms in total. The van der Waals surface area contributed by atoms with Gasteiger partial charge in [-0.25, -0.2) is 0 Å². The first-order valence-corrected chi connectivity index (χ1v) is 4.21. The summed E-state index contributed by atoms with van der Waals surface area (Å²) in [7, 11) is 0. The predicted molar refractivity (Wildman–Crippen MR) is 43.7 cm³/mol. The molecule has 74 valence electrons. The molecule has 1 rings (SSSR count). The van der Waals surface area contributed by atoms with E-state index in [1.54, 1.807) is 0 Å². The van der Waals surface area contributed by atoms with Crippen LogP contribution in [0.1, 0.15) is 20.3 Å². The van der Waals surface area contributed by atoms with Gasteiger partial charge >= 0.3 is 5.97 Å². The average molecular weight is 187 g/mol. The Hall–Kier alpha value is -1.10. The van der Waals surface area contributed by atoms with Crippen molar-refractivity contribution in [1.82, 2.24) is 5.32 Å². The third-order valence-corrected chi connectivity index (χ3v) is 1.69. The summed E-state index contributed by atoms with van der Waals surface area (Å²) in [6.07, 6.45) is -0.782. The third kappa shape index (κ3) is 2.69. The van der Waals surface area contributed by atoms with Crippen molar-refractivity contribution < 1.29 is 19.1 Å². The second-order valence-corrected chi connectivity index (χ2v) is 2.80. The molecule has 1 heterocycles. The normalized spacial score (nSPS) is 27.1. The smallest absolute Gasteiger partial charge is 0.303 e. The number of carbonyl (C=O) groups is 2. The Morgan fingerprint density at radius 2 is 2.38 bits per heavy atom. The Morgan fingerprint density at radius 1 is 1.69 bits per heavy atom. The summed E-state index contributed by atoms with van der Waals surface area (Å²) in [5.41, 5.74) is 0. The van der Waals surface area contributed by atoms with Crippen LogP contribution in [-0.2, 0) is 19.1 Å². The third-order valence-electron chi connectivity index (χ3n) is 1.69. The quantitative estimate of drug-likeness (QED) is 0.621. The number of rotatable bonds is 3. The molecule has 1 saturated heterocycles. The Balaban J connectivity index is 2.49. The number of amides is 1. The van der Waals surface area contributed by atoms with Crippen LogP contribution in [0.3, 0.4) is 0 Å². The van der Waals surface area contributed by atoms with E-state index in [2.05, 4.69) is 5.32 Å². The van der Waals surface area contributed by atoms with Crippen LogP contribution < -0.4 is 5.32 Å². The van der Waals surface area contributed by atoms with Crippen molar-refractivity contribution in [3.05, 3.63) is 0 Å². The summed E-state index contributed by atoms with van der Waals surface area (Å²) >= 11 is 0. The summed E-state index contributed by atoms with van der Waals surface area (Å²) in [5.74, 6) is -0.545. The molecule has 1 aliphatic rings. The van der Waals surface area contributed by atoms with Gasteiger partial charge in [0.2, 0.25) is 5.91 Å². The Bertz CT molecular complexity index is 216. The van der Waals surface area contributed by atoms with Crippen LogP contribution >= 0.6 is 0 Å². The average Bonchev–Trinajstić information content (AvgIpc) is 2.31. The molecule has 0 aliphatic carbocycles. The Morgan fingerprint density at radius 3 is 2.92 bits per heavy atom. The number of carbonyl (C=O) groups excluding carboxylic acids is 2. The van der Waals surface area contributed by atoms with Gasteiger partial charge in [-0.1, -0.05) is 0 Å². The molecular weight excluding hydrogens is 174 g/mol. The highest BCUT2D eigenvalue weighted by Gasteiger charge is 2.35. The van der Waals surface area contributed by atoms with Crippen LogP contribution in [0.4, 0.5) is 0 Å². The SMILES string of the molecule is CCO[C@@H]1NC(=O)C[C@@H]1OC(C)=O. The molecule has 0 radical (unpaired) electrons. The summed E-state index contributed by atoms with van der Waals surface area (Å²) in [5, 5.41) is 2.57. The first-order valence-electron chi connectivity index (χ1n) is 4.21. The van der Waals surface area contributed by atoms with Crippen molar-refractivity contribution in [1.29, 1.82) is 0 Å². The molecule has 13 heavy (non-hydrogen) atoms. The molecule has 0 spiro atoms. The van der Waals surface area contributed by atoms with Crippen LogP contribution in [0.15, 0.2) is 0 Å². The highest BCUT2D eigenvalue weighted by atomic mass is 16.6. The van der Waals surface area contributed by atoms with Crippen LogP contribution in [0.5, 0.6) is 0 Å². The summed E-state index contributed by atoms with van der Waals surface area (Å²) in [6, 6.07) is 0. The van der Waals surface area contributed by atoms with Gasteiger partial charge in [0, 0.05) is 13.5 Å². The minimum atomic E-state index is -0.485. The van der Waals surface area contributed by atoms with Gasteiger partial charge in [0.15, 0.2) is 12.3 Å². The molecule has 0 aromatic rings. The molecule has 0 aromatic heterocycles. The summed E-state index contributed by atoms with van der Waals surface area (Å²) in [6.45, 7) is 3.60. The van der Waals surface area contributed by atoms with E-state index in [1.165, 1.54) is 6.92 Å². The van der Waals surface area contributed by atoms with Crippen LogP contribution in [-0.4, -0.2) is 30.8 Å². The number of hydrogen-bond donors (Lipinski definition) is 1. The predicted octanol–water partition coefficient (Wildman–Crippen LogP) is -0.199. The van der Waals surface area contributed by atoms with E-state index < -0.39 is 18.3 Å². The number of nitrogens with one attached hydrogen (secondary N) is 1. The maximum atomic E-state index is 10.9. The first kappa shape index (κ1) is 9.98. The van der Waals surface area contributed by atoms with E-state index in [-0.39, 0.29) is 12.3 Å². The van der Waals surface area contributed by atoms with Gasteiger partial charge in [-0.3, -0.25) is 9.59 Å². The fourth-order valence-electron chi connectivity index (χ4n) is 1.25. The van der Waals surface area contributed by atoms with Crippen molar-refractivity contribution >= 4 is 11.9 Å². The topological polar surface area (TPSA) is 64.6 Å². The van der Waals surface area contributed by atoms with Gasteiger partial charge in [0.05, 0.1) is 6.42 Å². The fourth-order valence-corrected chi connectivity index (χ4v) is 1.25. The maximum absolute atomic E-state index is 10.9. The zero-order chi connectivity index (χ0) is 9.84. The summed E-state index contributed by atoms with van der Waals surface area (Å²) < 4.78 is 10.1. The lowest BCUT2D eigenvalue weighted by atomic mass is 10.3. The zero-order valence-electron chi connectivity index (χ0n) is 7.70. The second-order valence-electron chi connectivity index (χ2n) is 2.80. The van der Waals surface area contributed by atoms with E-state index in [1.807, 2.05) is 6.92 Å². The molecular formula is C8H13NO4. The van der Waals surface area contributed by atoms with Gasteiger partial charge in [-0.2, -0.15) is 0 Å². The van der Waals surface area contributed by atoms with E-state index in [9.17, 15) is 9.59 Å². The largest absolute Gasteiger partial charge is 0.457 e. The Labute approximate surface area is 76.4 Å². The molecule has 1 N–H and O–H groups in total. The monoisotopic (exact) mass is 187 g/mol. The van der Waals surface area contributed by atoms with Crippen LogP contribution in [0.25, 0.3) is 0 Å².